The Morgan fingerprint density at radius 1 is 1.25 bits per heavy atom. The van der Waals surface area contributed by atoms with Crippen molar-refractivity contribution in [3.05, 3.63) is 36.3 Å². The summed E-state index contributed by atoms with van der Waals surface area (Å²) in [5, 5.41) is 10.7. The second-order valence-corrected chi connectivity index (χ2v) is 5.58. The molecule has 2 rings (SSSR count). The van der Waals surface area contributed by atoms with Gasteiger partial charge in [-0.3, -0.25) is 10.1 Å². The number of nitrogens with one attached hydrogen (secondary N) is 2. The van der Waals surface area contributed by atoms with Gasteiger partial charge < -0.3 is 5.32 Å². The normalized spacial score (nSPS) is 11.2. The third kappa shape index (κ3) is 4.46. The van der Waals surface area contributed by atoms with Gasteiger partial charge in [0.2, 0.25) is 0 Å². The number of aromatic amines is 1. The Balaban J connectivity index is 1.78. The summed E-state index contributed by atoms with van der Waals surface area (Å²) in [6.45, 7) is 6.46. The zero-order valence-corrected chi connectivity index (χ0v) is 12.4. The molecular formula is C16H24N4. The Morgan fingerprint density at radius 3 is 2.90 bits per heavy atom. The van der Waals surface area contributed by atoms with E-state index >= 15 is 0 Å². The highest BCUT2D eigenvalue weighted by atomic mass is 15.1. The van der Waals surface area contributed by atoms with E-state index in [1.165, 1.54) is 24.8 Å². The maximum absolute atomic E-state index is 4.15. The monoisotopic (exact) mass is 272 g/mol. The smallest absolute Gasteiger partial charge is 0.0710 e. The molecule has 2 aromatic heterocycles. The Kier molecular flexibility index (Phi) is 5.74. The van der Waals surface area contributed by atoms with Gasteiger partial charge in [0.05, 0.1) is 11.9 Å². The molecule has 0 aliphatic carbocycles. The van der Waals surface area contributed by atoms with Gasteiger partial charge in [-0.25, -0.2) is 0 Å². The lowest BCUT2D eigenvalue weighted by molar-refractivity contribution is 0.521. The Labute approximate surface area is 121 Å². The summed E-state index contributed by atoms with van der Waals surface area (Å²) in [6, 6.07) is 3.99. The van der Waals surface area contributed by atoms with Gasteiger partial charge in [0.15, 0.2) is 0 Å². The van der Waals surface area contributed by atoms with Crippen LogP contribution in [-0.4, -0.2) is 21.7 Å². The van der Waals surface area contributed by atoms with Gasteiger partial charge in [-0.1, -0.05) is 26.7 Å². The number of nitrogens with zero attached hydrogens (tertiary/aromatic N) is 2. The van der Waals surface area contributed by atoms with Crippen molar-refractivity contribution in [1.82, 2.24) is 20.5 Å². The van der Waals surface area contributed by atoms with Crippen LogP contribution in [0.3, 0.4) is 0 Å². The molecule has 0 unspecified atom stereocenters. The molecule has 0 aliphatic heterocycles. The largest absolute Gasteiger partial charge is 0.313 e. The fourth-order valence-corrected chi connectivity index (χ4v) is 2.23. The quantitative estimate of drug-likeness (QED) is 0.724. The van der Waals surface area contributed by atoms with Crippen LogP contribution in [0.1, 0.15) is 38.7 Å². The van der Waals surface area contributed by atoms with E-state index < -0.39 is 0 Å². The predicted molar refractivity (Wildman–Crippen MR) is 82.2 cm³/mol. The molecule has 4 nitrogen and oxygen atoms in total. The van der Waals surface area contributed by atoms with Gasteiger partial charge in [-0.15, -0.1) is 0 Å². The SMILES string of the molecule is CC(C)CCCCNCc1cn[nH]c1-c1cccnc1. The van der Waals surface area contributed by atoms with Crippen molar-refractivity contribution < 1.29 is 0 Å². The second kappa shape index (κ2) is 7.80. The van der Waals surface area contributed by atoms with E-state index in [1.807, 2.05) is 24.5 Å². The highest BCUT2D eigenvalue weighted by Gasteiger charge is 2.06. The minimum absolute atomic E-state index is 0.807. The molecule has 4 heteroatoms. The Bertz CT molecular complexity index is 490. The van der Waals surface area contributed by atoms with Crippen LogP contribution in [0.15, 0.2) is 30.7 Å². The number of pyridine rings is 1. The Hall–Kier alpha value is -1.68. The van der Waals surface area contributed by atoms with Crippen LogP contribution in [-0.2, 0) is 6.54 Å². The van der Waals surface area contributed by atoms with E-state index in [4.69, 9.17) is 0 Å². The molecule has 0 aliphatic rings. The van der Waals surface area contributed by atoms with Gasteiger partial charge in [-0.05, 0) is 31.0 Å². The third-order valence-corrected chi connectivity index (χ3v) is 3.37. The number of rotatable bonds is 8. The molecule has 0 radical (unpaired) electrons. The predicted octanol–water partition coefficient (Wildman–Crippen LogP) is 3.39. The molecule has 0 amide bonds. The van der Waals surface area contributed by atoms with Gasteiger partial charge in [0.25, 0.3) is 0 Å². The average molecular weight is 272 g/mol. The second-order valence-electron chi connectivity index (χ2n) is 5.58. The molecule has 0 fully saturated rings. The summed E-state index contributed by atoms with van der Waals surface area (Å²) >= 11 is 0. The first-order valence-corrected chi connectivity index (χ1v) is 7.40. The van der Waals surface area contributed by atoms with Crippen molar-refractivity contribution in [2.24, 2.45) is 5.92 Å². The van der Waals surface area contributed by atoms with Gasteiger partial charge in [-0.2, -0.15) is 5.10 Å². The highest BCUT2D eigenvalue weighted by Crippen LogP contribution is 2.19. The minimum atomic E-state index is 0.807. The molecule has 0 atom stereocenters. The van der Waals surface area contributed by atoms with Crippen molar-refractivity contribution in [3.63, 3.8) is 0 Å². The first kappa shape index (κ1) is 14.7. The third-order valence-electron chi connectivity index (χ3n) is 3.37. The zero-order valence-electron chi connectivity index (χ0n) is 12.4. The summed E-state index contributed by atoms with van der Waals surface area (Å²) in [6.07, 6.45) is 9.38. The summed E-state index contributed by atoms with van der Waals surface area (Å²) in [5.74, 6) is 0.807. The molecule has 0 spiro atoms. The molecule has 0 saturated heterocycles. The lowest BCUT2D eigenvalue weighted by atomic mass is 10.1. The van der Waals surface area contributed by atoms with Crippen LogP contribution in [0.2, 0.25) is 0 Å². The lowest BCUT2D eigenvalue weighted by Gasteiger charge is -2.07. The maximum atomic E-state index is 4.15. The number of H-pyrrole nitrogens is 1. The Morgan fingerprint density at radius 2 is 2.15 bits per heavy atom. The van der Waals surface area contributed by atoms with Crippen LogP contribution in [0.25, 0.3) is 11.3 Å². The van der Waals surface area contributed by atoms with Crippen LogP contribution in [0.4, 0.5) is 0 Å². The molecule has 0 aromatic carbocycles. The van der Waals surface area contributed by atoms with E-state index in [0.717, 1.165) is 30.3 Å². The molecule has 2 N–H and O–H groups in total. The minimum Gasteiger partial charge on any atom is -0.313 e. The molecule has 0 bridgehead atoms. The van der Waals surface area contributed by atoms with Crippen molar-refractivity contribution in [3.8, 4) is 11.3 Å². The average Bonchev–Trinajstić information content (AvgIpc) is 2.92. The molecule has 0 saturated carbocycles. The molecular weight excluding hydrogens is 248 g/mol. The maximum Gasteiger partial charge on any atom is 0.0710 e. The van der Waals surface area contributed by atoms with Crippen LogP contribution < -0.4 is 5.32 Å². The lowest BCUT2D eigenvalue weighted by Crippen LogP contribution is -2.15. The van der Waals surface area contributed by atoms with Crippen molar-refractivity contribution in [2.75, 3.05) is 6.54 Å². The van der Waals surface area contributed by atoms with Crippen molar-refractivity contribution in [1.29, 1.82) is 0 Å². The first-order valence-electron chi connectivity index (χ1n) is 7.40. The molecule has 108 valence electrons. The zero-order chi connectivity index (χ0) is 14.2. The highest BCUT2D eigenvalue weighted by molar-refractivity contribution is 5.61. The fourth-order valence-electron chi connectivity index (χ4n) is 2.23. The van der Waals surface area contributed by atoms with E-state index in [2.05, 4.69) is 34.3 Å². The van der Waals surface area contributed by atoms with Gasteiger partial charge >= 0.3 is 0 Å². The van der Waals surface area contributed by atoms with Crippen molar-refractivity contribution >= 4 is 0 Å². The summed E-state index contributed by atoms with van der Waals surface area (Å²) < 4.78 is 0. The van der Waals surface area contributed by atoms with Gasteiger partial charge in [0, 0.05) is 30.1 Å². The van der Waals surface area contributed by atoms with E-state index in [9.17, 15) is 0 Å². The van der Waals surface area contributed by atoms with Crippen LogP contribution in [0, 0.1) is 5.92 Å². The summed E-state index contributed by atoms with van der Waals surface area (Å²) in [4.78, 5) is 4.15. The standard InChI is InChI=1S/C16H24N4/c1-13(2)6-3-4-8-17-11-15-12-19-20-16(15)14-7-5-9-18-10-14/h5,7,9-10,12-13,17H,3-4,6,8,11H2,1-2H3,(H,19,20). The summed E-state index contributed by atoms with van der Waals surface area (Å²) in [5.41, 5.74) is 3.34. The van der Waals surface area contributed by atoms with E-state index in [-0.39, 0.29) is 0 Å². The molecule has 2 aromatic rings. The first-order chi connectivity index (χ1) is 9.77. The molecule has 20 heavy (non-hydrogen) atoms. The van der Waals surface area contributed by atoms with Crippen LogP contribution in [0.5, 0.6) is 0 Å². The molecule has 2 heterocycles. The van der Waals surface area contributed by atoms with Gasteiger partial charge in [0.1, 0.15) is 0 Å². The van der Waals surface area contributed by atoms with Crippen molar-refractivity contribution in [2.45, 2.75) is 39.7 Å². The fraction of sp³-hybridized carbons (Fsp3) is 0.500. The van der Waals surface area contributed by atoms with E-state index in [0.29, 0.717) is 0 Å². The summed E-state index contributed by atoms with van der Waals surface area (Å²) in [7, 11) is 0. The number of hydrogen-bond acceptors (Lipinski definition) is 3. The van der Waals surface area contributed by atoms with E-state index in [1.54, 1.807) is 6.20 Å². The topological polar surface area (TPSA) is 53.6 Å². The number of unbranched alkanes of at least 4 members (excludes halogenated alkanes) is 1. The van der Waals surface area contributed by atoms with Crippen LogP contribution >= 0.6 is 0 Å². The number of hydrogen-bond donors (Lipinski definition) is 2. The number of aromatic nitrogens is 3.